The predicted molar refractivity (Wildman–Crippen MR) is 78.3 cm³/mol. The van der Waals surface area contributed by atoms with E-state index >= 15 is 0 Å². The Balaban J connectivity index is 1.52. The summed E-state index contributed by atoms with van der Waals surface area (Å²) in [5.41, 5.74) is 0. The van der Waals surface area contributed by atoms with E-state index in [2.05, 4.69) is 12.2 Å². The average molecular weight is 269 g/mol. The van der Waals surface area contributed by atoms with Crippen molar-refractivity contribution < 1.29 is 9.84 Å². The Kier molecular flexibility index (Phi) is 6.62. The second kappa shape index (κ2) is 8.23. The molecule has 0 aromatic heterocycles. The number of aliphatic hydroxyl groups is 1. The van der Waals surface area contributed by atoms with Crippen molar-refractivity contribution in [2.75, 3.05) is 13.2 Å². The van der Waals surface area contributed by atoms with Crippen molar-refractivity contribution in [1.82, 2.24) is 5.32 Å². The fourth-order valence-electron chi connectivity index (χ4n) is 3.44. The second-order valence-corrected chi connectivity index (χ2v) is 6.43. The van der Waals surface area contributed by atoms with Gasteiger partial charge < -0.3 is 15.2 Å². The van der Waals surface area contributed by atoms with E-state index < -0.39 is 0 Å². The standard InChI is InChI=1S/C16H31NO2/c1-2-13-7-9-14(10-8-13)17-11-15(18)12-19-16-5-3-4-6-16/h13-18H,2-12H2,1H3. The monoisotopic (exact) mass is 269 g/mol. The highest BCUT2D eigenvalue weighted by molar-refractivity contribution is 4.77. The summed E-state index contributed by atoms with van der Waals surface area (Å²) in [5.74, 6) is 0.939. The summed E-state index contributed by atoms with van der Waals surface area (Å²) >= 11 is 0. The Labute approximate surface area is 118 Å². The van der Waals surface area contributed by atoms with Gasteiger partial charge in [-0.1, -0.05) is 26.2 Å². The molecule has 0 aromatic rings. The van der Waals surface area contributed by atoms with Gasteiger partial charge in [-0.15, -0.1) is 0 Å². The van der Waals surface area contributed by atoms with Crippen LogP contribution in [0.15, 0.2) is 0 Å². The van der Waals surface area contributed by atoms with Crippen LogP contribution in [-0.2, 0) is 4.74 Å². The van der Waals surface area contributed by atoms with E-state index in [-0.39, 0.29) is 6.10 Å². The first kappa shape index (κ1) is 15.3. The van der Waals surface area contributed by atoms with Gasteiger partial charge in [0.15, 0.2) is 0 Å². The van der Waals surface area contributed by atoms with Crippen molar-refractivity contribution >= 4 is 0 Å². The van der Waals surface area contributed by atoms with Crippen molar-refractivity contribution in [3.63, 3.8) is 0 Å². The minimum atomic E-state index is -0.343. The molecule has 0 amide bonds. The molecule has 2 saturated carbocycles. The Morgan fingerprint density at radius 1 is 1.11 bits per heavy atom. The van der Waals surface area contributed by atoms with Crippen LogP contribution in [0.5, 0.6) is 0 Å². The van der Waals surface area contributed by atoms with E-state index in [1.165, 1.54) is 57.8 Å². The summed E-state index contributed by atoms with van der Waals surface area (Å²) < 4.78 is 5.75. The highest BCUT2D eigenvalue weighted by atomic mass is 16.5. The smallest absolute Gasteiger partial charge is 0.0897 e. The molecule has 2 fully saturated rings. The molecule has 0 radical (unpaired) electrons. The van der Waals surface area contributed by atoms with Gasteiger partial charge in [0.25, 0.3) is 0 Å². The van der Waals surface area contributed by atoms with Crippen LogP contribution in [0.1, 0.15) is 64.7 Å². The van der Waals surface area contributed by atoms with E-state index in [9.17, 15) is 5.11 Å². The van der Waals surface area contributed by atoms with Gasteiger partial charge in [-0.3, -0.25) is 0 Å². The van der Waals surface area contributed by atoms with Crippen molar-refractivity contribution in [2.24, 2.45) is 5.92 Å². The number of aliphatic hydroxyl groups excluding tert-OH is 1. The van der Waals surface area contributed by atoms with Crippen LogP contribution in [0.3, 0.4) is 0 Å². The fraction of sp³-hybridized carbons (Fsp3) is 1.00. The lowest BCUT2D eigenvalue weighted by Crippen LogP contribution is -2.39. The molecule has 0 heterocycles. The summed E-state index contributed by atoms with van der Waals surface area (Å²) in [4.78, 5) is 0. The Morgan fingerprint density at radius 2 is 1.79 bits per heavy atom. The molecular formula is C16H31NO2. The molecule has 0 bridgehead atoms. The third kappa shape index (κ3) is 5.41. The fourth-order valence-corrected chi connectivity index (χ4v) is 3.44. The normalized spacial score (nSPS) is 30.6. The van der Waals surface area contributed by atoms with Crippen molar-refractivity contribution in [1.29, 1.82) is 0 Å². The second-order valence-electron chi connectivity index (χ2n) is 6.43. The zero-order valence-corrected chi connectivity index (χ0v) is 12.4. The van der Waals surface area contributed by atoms with Crippen LogP contribution in [0.4, 0.5) is 0 Å². The van der Waals surface area contributed by atoms with Gasteiger partial charge >= 0.3 is 0 Å². The Hall–Kier alpha value is -0.120. The number of nitrogens with one attached hydrogen (secondary N) is 1. The van der Waals surface area contributed by atoms with Crippen molar-refractivity contribution in [2.45, 2.75) is 83.0 Å². The van der Waals surface area contributed by atoms with E-state index in [4.69, 9.17) is 4.74 Å². The molecule has 3 nitrogen and oxygen atoms in total. The number of hydrogen-bond acceptors (Lipinski definition) is 3. The van der Waals surface area contributed by atoms with Crippen molar-refractivity contribution in [3.8, 4) is 0 Å². The summed E-state index contributed by atoms with van der Waals surface area (Å²) in [7, 11) is 0. The quantitative estimate of drug-likeness (QED) is 0.747. The first-order valence-corrected chi connectivity index (χ1v) is 8.31. The zero-order chi connectivity index (χ0) is 13.5. The first-order valence-electron chi connectivity index (χ1n) is 8.31. The largest absolute Gasteiger partial charge is 0.389 e. The topological polar surface area (TPSA) is 41.5 Å². The minimum Gasteiger partial charge on any atom is -0.389 e. The lowest BCUT2D eigenvalue weighted by molar-refractivity contribution is -0.00672. The lowest BCUT2D eigenvalue weighted by atomic mass is 9.84. The molecule has 2 N–H and O–H groups in total. The molecule has 0 spiro atoms. The molecule has 0 aromatic carbocycles. The maximum atomic E-state index is 9.95. The minimum absolute atomic E-state index is 0.343. The van der Waals surface area contributed by atoms with Gasteiger partial charge in [0.2, 0.25) is 0 Å². The molecule has 3 heteroatoms. The van der Waals surface area contributed by atoms with E-state index in [1.54, 1.807) is 0 Å². The summed E-state index contributed by atoms with van der Waals surface area (Å²) in [5, 5.41) is 13.5. The SMILES string of the molecule is CCC1CCC(NCC(O)COC2CCCC2)CC1. The Morgan fingerprint density at radius 3 is 2.42 bits per heavy atom. The van der Waals surface area contributed by atoms with E-state index in [0.29, 0.717) is 25.3 Å². The first-order chi connectivity index (χ1) is 9.28. The lowest BCUT2D eigenvalue weighted by Gasteiger charge is -2.29. The van der Waals surface area contributed by atoms with Crippen LogP contribution < -0.4 is 5.32 Å². The van der Waals surface area contributed by atoms with Gasteiger partial charge in [-0.25, -0.2) is 0 Å². The summed E-state index contributed by atoms with van der Waals surface area (Å²) in [6, 6.07) is 0.615. The van der Waals surface area contributed by atoms with Crippen LogP contribution in [-0.4, -0.2) is 36.5 Å². The van der Waals surface area contributed by atoms with Gasteiger partial charge in [-0.2, -0.15) is 0 Å². The van der Waals surface area contributed by atoms with Crippen LogP contribution >= 0.6 is 0 Å². The highest BCUT2D eigenvalue weighted by Crippen LogP contribution is 2.26. The van der Waals surface area contributed by atoms with Crippen LogP contribution in [0.25, 0.3) is 0 Å². The molecule has 112 valence electrons. The van der Waals surface area contributed by atoms with Gasteiger partial charge in [0.05, 0.1) is 18.8 Å². The predicted octanol–water partition coefficient (Wildman–Crippen LogP) is 2.86. The summed E-state index contributed by atoms with van der Waals surface area (Å²) in [6.45, 7) is 3.48. The molecule has 1 atom stereocenters. The Bertz CT molecular complexity index is 233. The van der Waals surface area contributed by atoms with E-state index in [0.717, 1.165) is 5.92 Å². The van der Waals surface area contributed by atoms with Crippen LogP contribution in [0, 0.1) is 5.92 Å². The van der Waals surface area contributed by atoms with Crippen LogP contribution in [0.2, 0.25) is 0 Å². The molecular weight excluding hydrogens is 238 g/mol. The highest BCUT2D eigenvalue weighted by Gasteiger charge is 2.21. The molecule has 0 aliphatic heterocycles. The third-order valence-electron chi connectivity index (χ3n) is 4.89. The number of ether oxygens (including phenoxy) is 1. The summed E-state index contributed by atoms with van der Waals surface area (Å²) in [6.07, 6.45) is 11.6. The van der Waals surface area contributed by atoms with Gasteiger partial charge in [0.1, 0.15) is 0 Å². The maximum absolute atomic E-state index is 9.95. The molecule has 2 aliphatic rings. The average Bonchev–Trinajstić information content (AvgIpc) is 2.96. The van der Waals surface area contributed by atoms with Crippen molar-refractivity contribution in [3.05, 3.63) is 0 Å². The molecule has 2 aliphatic carbocycles. The number of hydrogen-bond donors (Lipinski definition) is 2. The third-order valence-corrected chi connectivity index (χ3v) is 4.89. The molecule has 0 saturated heterocycles. The molecule has 2 rings (SSSR count). The van der Waals surface area contributed by atoms with E-state index in [1.807, 2.05) is 0 Å². The molecule has 19 heavy (non-hydrogen) atoms. The van der Waals surface area contributed by atoms with Gasteiger partial charge in [-0.05, 0) is 44.4 Å². The molecule has 1 unspecified atom stereocenters. The number of rotatable bonds is 7. The maximum Gasteiger partial charge on any atom is 0.0897 e. The zero-order valence-electron chi connectivity index (χ0n) is 12.4. The van der Waals surface area contributed by atoms with Gasteiger partial charge in [0, 0.05) is 12.6 Å².